The lowest BCUT2D eigenvalue weighted by Gasteiger charge is -2.09. The van der Waals surface area contributed by atoms with Crippen LogP contribution in [-0.2, 0) is 6.54 Å². The topological polar surface area (TPSA) is 69.6 Å². The summed E-state index contributed by atoms with van der Waals surface area (Å²) in [6, 6.07) is 6.01. The van der Waals surface area contributed by atoms with Gasteiger partial charge in [-0.2, -0.15) is 0 Å². The van der Waals surface area contributed by atoms with Gasteiger partial charge in [-0.1, -0.05) is 11.3 Å². The molecule has 0 aromatic carbocycles. The second-order valence-corrected chi connectivity index (χ2v) is 3.84. The molecule has 0 amide bonds. The molecule has 0 bridgehead atoms. The van der Waals surface area contributed by atoms with E-state index in [0.717, 1.165) is 17.1 Å². The molecule has 0 radical (unpaired) electrons. The molecule has 2 N–H and O–H groups in total. The third-order valence-electron chi connectivity index (χ3n) is 2.35. The SMILES string of the molecule is CC(C)n1nnc(CN)c1-c1ccccn1. The van der Waals surface area contributed by atoms with Crippen LogP contribution >= 0.6 is 0 Å². The average molecular weight is 217 g/mol. The quantitative estimate of drug-likeness (QED) is 0.843. The number of aromatic nitrogens is 4. The lowest BCUT2D eigenvalue weighted by molar-refractivity contribution is 0.518. The minimum atomic E-state index is 0.241. The van der Waals surface area contributed by atoms with Crippen LogP contribution < -0.4 is 5.73 Å². The summed E-state index contributed by atoms with van der Waals surface area (Å²) >= 11 is 0. The van der Waals surface area contributed by atoms with Crippen LogP contribution in [0.3, 0.4) is 0 Å². The van der Waals surface area contributed by atoms with Gasteiger partial charge in [0.05, 0.1) is 5.69 Å². The van der Waals surface area contributed by atoms with Crippen molar-refractivity contribution in [3.63, 3.8) is 0 Å². The number of rotatable bonds is 3. The number of pyridine rings is 1. The summed E-state index contributed by atoms with van der Waals surface area (Å²) in [6.07, 6.45) is 1.76. The van der Waals surface area contributed by atoms with Gasteiger partial charge in [0, 0.05) is 18.8 Å². The molecule has 5 nitrogen and oxygen atoms in total. The zero-order valence-electron chi connectivity index (χ0n) is 9.46. The monoisotopic (exact) mass is 217 g/mol. The Morgan fingerprint density at radius 2 is 2.19 bits per heavy atom. The Labute approximate surface area is 94.3 Å². The Hall–Kier alpha value is -1.75. The second-order valence-electron chi connectivity index (χ2n) is 3.84. The van der Waals surface area contributed by atoms with E-state index in [-0.39, 0.29) is 6.04 Å². The minimum absolute atomic E-state index is 0.241. The Morgan fingerprint density at radius 3 is 2.75 bits per heavy atom. The van der Waals surface area contributed by atoms with Crippen molar-refractivity contribution >= 4 is 0 Å². The molecule has 5 heteroatoms. The van der Waals surface area contributed by atoms with Gasteiger partial charge in [0.25, 0.3) is 0 Å². The van der Waals surface area contributed by atoms with Crippen molar-refractivity contribution in [2.45, 2.75) is 26.4 Å². The predicted octanol–water partition coefficient (Wildman–Crippen LogP) is 1.38. The molecule has 0 saturated heterocycles. The number of hydrogen-bond donors (Lipinski definition) is 1. The van der Waals surface area contributed by atoms with Gasteiger partial charge in [0.1, 0.15) is 11.4 Å². The molecule has 0 fully saturated rings. The second kappa shape index (κ2) is 4.40. The number of nitrogens with zero attached hydrogens (tertiary/aromatic N) is 4. The molecule has 2 rings (SSSR count). The largest absolute Gasteiger partial charge is 0.325 e. The Morgan fingerprint density at radius 1 is 1.38 bits per heavy atom. The van der Waals surface area contributed by atoms with Gasteiger partial charge < -0.3 is 5.73 Å². The van der Waals surface area contributed by atoms with Crippen molar-refractivity contribution < 1.29 is 0 Å². The Kier molecular flexibility index (Phi) is 2.96. The van der Waals surface area contributed by atoms with Crippen LogP contribution in [0.25, 0.3) is 11.4 Å². The third kappa shape index (κ3) is 1.81. The van der Waals surface area contributed by atoms with E-state index in [4.69, 9.17) is 5.73 Å². The molecular weight excluding hydrogens is 202 g/mol. The van der Waals surface area contributed by atoms with Crippen molar-refractivity contribution in [1.29, 1.82) is 0 Å². The van der Waals surface area contributed by atoms with Crippen LogP contribution in [0.15, 0.2) is 24.4 Å². The van der Waals surface area contributed by atoms with Crippen molar-refractivity contribution in [3.8, 4) is 11.4 Å². The minimum Gasteiger partial charge on any atom is -0.325 e. The zero-order chi connectivity index (χ0) is 11.5. The molecule has 2 aromatic heterocycles. The van der Waals surface area contributed by atoms with Gasteiger partial charge in [-0.15, -0.1) is 5.10 Å². The molecule has 0 unspecified atom stereocenters. The molecule has 0 spiro atoms. The number of hydrogen-bond acceptors (Lipinski definition) is 4. The maximum atomic E-state index is 5.66. The highest BCUT2D eigenvalue weighted by molar-refractivity contribution is 5.57. The normalized spacial score (nSPS) is 11.0. The van der Waals surface area contributed by atoms with Crippen molar-refractivity contribution in [2.24, 2.45) is 5.73 Å². The van der Waals surface area contributed by atoms with E-state index < -0.39 is 0 Å². The van der Waals surface area contributed by atoms with Crippen LogP contribution in [0.2, 0.25) is 0 Å². The van der Waals surface area contributed by atoms with E-state index in [1.807, 2.05) is 22.9 Å². The van der Waals surface area contributed by atoms with E-state index >= 15 is 0 Å². The van der Waals surface area contributed by atoms with Crippen molar-refractivity contribution in [1.82, 2.24) is 20.0 Å². The first-order valence-corrected chi connectivity index (χ1v) is 5.29. The van der Waals surface area contributed by atoms with E-state index in [1.165, 1.54) is 0 Å². The van der Waals surface area contributed by atoms with Crippen LogP contribution in [0.1, 0.15) is 25.6 Å². The highest BCUT2D eigenvalue weighted by Crippen LogP contribution is 2.22. The summed E-state index contributed by atoms with van der Waals surface area (Å²) in [5.41, 5.74) is 8.22. The van der Waals surface area contributed by atoms with Gasteiger partial charge in [-0.3, -0.25) is 4.98 Å². The van der Waals surface area contributed by atoms with Gasteiger partial charge in [0.15, 0.2) is 0 Å². The fraction of sp³-hybridized carbons (Fsp3) is 0.364. The molecule has 0 aliphatic heterocycles. The van der Waals surface area contributed by atoms with Crippen LogP contribution in [0.5, 0.6) is 0 Å². The first kappa shape index (κ1) is 10.8. The molecular formula is C11H15N5. The lowest BCUT2D eigenvalue weighted by Crippen LogP contribution is -2.07. The summed E-state index contributed by atoms with van der Waals surface area (Å²) < 4.78 is 1.85. The molecule has 0 saturated carbocycles. The van der Waals surface area contributed by atoms with Gasteiger partial charge in [-0.25, -0.2) is 4.68 Å². The smallest absolute Gasteiger partial charge is 0.112 e. The van der Waals surface area contributed by atoms with E-state index in [0.29, 0.717) is 6.54 Å². The third-order valence-corrected chi connectivity index (χ3v) is 2.35. The molecule has 2 heterocycles. The molecule has 2 aromatic rings. The summed E-state index contributed by atoms with van der Waals surface area (Å²) in [5.74, 6) is 0. The summed E-state index contributed by atoms with van der Waals surface area (Å²) in [7, 11) is 0. The van der Waals surface area contributed by atoms with E-state index in [2.05, 4.69) is 29.1 Å². The maximum absolute atomic E-state index is 5.66. The predicted molar refractivity (Wildman–Crippen MR) is 61.5 cm³/mol. The first-order chi connectivity index (χ1) is 7.74. The van der Waals surface area contributed by atoms with Gasteiger partial charge >= 0.3 is 0 Å². The highest BCUT2D eigenvalue weighted by atomic mass is 15.4. The van der Waals surface area contributed by atoms with Crippen molar-refractivity contribution in [2.75, 3.05) is 0 Å². The Bertz CT molecular complexity index is 460. The van der Waals surface area contributed by atoms with Crippen LogP contribution in [0, 0.1) is 0 Å². The van der Waals surface area contributed by atoms with Gasteiger partial charge in [-0.05, 0) is 26.0 Å². The zero-order valence-corrected chi connectivity index (χ0v) is 9.46. The van der Waals surface area contributed by atoms with Crippen LogP contribution in [-0.4, -0.2) is 20.0 Å². The summed E-state index contributed by atoms with van der Waals surface area (Å²) in [4.78, 5) is 4.32. The average Bonchev–Trinajstić information content (AvgIpc) is 2.73. The molecule has 0 aliphatic carbocycles. The maximum Gasteiger partial charge on any atom is 0.112 e. The fourth-order valence-corrected chi connectivity index (χ4v) is 1.59. The summed E-state index contributed by atoms with van der Waals surface area (Å²) in [5, 5.41) is 8.19. The molecule has 0 atom stereocenters. The Balaban J connectivity index is 2.57. The van der Waals surface area contributed by atoms with Crippen molar-refractivity contribution in [3.05, 3.63) is 30.1 Å². The van der Waals surface area contributed by atoms with Gasteiger partial charge in [0.2, 0.25) is 0 Å². The van der Waals surface area contributed by atoms with Crippen LogP contribution in [0.4, 0.5) is 0 Å². The highest BCUT2D eigenvalue weighted by Gasteiger charge is 2.16. The molecule has 84 valence electrons. The first-order valence-electron chi connectivity index (χ1n) is 5.29. The van der Waals surface area contributed by atoms with E-state index in [1.54, 1.807) is 6.20 Å². The molecule has 16 heavy (non-hydrogen) atoms. The number of nitrogens with two attached hydrogens (primary N) is 1. The summed E-state index contributed by atoms with van der Waals surface area (Å²) in [6.45, 7) is 4.49. The lowest BCUT2D eigenvalue weighted by atomic mass is 10.2. The van der Waals surface area contributed by atoms with E-state index in [9.17, 15) is 0 Å². The fourth-order valence-electron chi connectivity index (χ4n) is 1.59. The molecule has 0 aliphatic rings. The standard InChI is InChI=1S/C11H15N5/c1-8(2)16-11(10(7-12)14-15-16)9-5-3-4-6-13-9/h3-6,8H,7,12H2,1-2H3.